The molecule has 0 aliphatic carbocycles. The summed E-state index contributed by atoms with van der Waals surface area (Å²) in [4.78, 5) is 13.1. The summed E-state index contributed by atoms with van der Waals surface area (Å²) >= 11 is 0. The lowest BCUT2D eigenvalue weighted by Gasteiger charge is -2.32. The molecule has 0 aromatic heterocycles. The SMILES string of the molecule is C=CC(=O)N1CCN[C@@H](COCC)C1. The van der Waals surface area contributed by atoms with Gasteiger partial charge in [-0.2, -0.15) is 0 Å². The fraction of sp³-hybridized carbons (Fsp3) is 0.700. The molecule has 0 bridgehead atoms. The largest absolute Gasteiger partial charge is 0.380 e. The van der Waals surface area contributed by atoms with Crippen LogP contribution in [-0.4, -0.2) is 49.7 Å². The molecule has 4 nitrogen and oxygen atoms in total. The Morgan fingerprint density at radius 1 is 1.79 bits per heavy atom. The fourth-order valence-corrected chi connectivity index (χ4v) is 1.53. The molecule has 80 valence electrons. The summed E-state index contributed by atoms with van der Waals surface area (Å²) in [5, 5.41) is 3.31. The second-order valence-electron chi connectivity index (χ2n) is 3.30. The standard InChI is InChI=1S/C10H18N2O2/c1-3-10(13)12-6-5-11-9(7-12)8-14-4-2/h3,9,11H,1,4-8H2,2H3/t9-/m1/s1. The molecular weight excluding hydrogens is 180 g/mol. The van der Waals surface area contributed by atoms with Gasteiger partial charge in [-0.15, -0.1) is 0 Å². The van der Waals surface area contributed by atoms with Gasteiger partial charge in [0.2, 0.25) is 5.91 Å². The molecule has 1 aliphatic rings. The molecule has 14 heavy (non-hydrogen) atoms. The Balaban J connectivity index is 2.35. The third kappa shape index (κ3) is 3.12. The van der Waals surface area contributed by atoms with Crippen molar-refractivity contribution in [1.82, 2.24) is 10.2 Å². The van der Waals surface area contributed by atoms with E-state index in [1.807, 2.05) is 6.92 Å². The van der Waals surface area contributed by atoms with E-state index in [-0.39, 0.29) is 11.9 Å². The van der Waals surface area contributed by atoms with Crippen LogP contribution in [0.15, 0.2) is 12.7 Å². The molecule has 0 spiro atoms. The van der Waals surface area contributed by atoms with Crippen molar-refractivity contribution in [1.29, 1.82) is 0 Å². The van der Waals surface area contributed by atoms with E-state index >= 15 is 0 Å². The highest BCUT2D eigenvalue weighted by atomic mass is 16.5. The first kappa shape index (κ1) is 11.2. The van der Waals surface area contributed by atoms with Crippen LogP contribution in [0, 0.1) is 0 Å². The number of piperazine rings is 1. The number of carbonyl (C=O) groups excluding carboxylic acids is 1. The lowest BCUT2D eigenvalue weighted by atomic mass is 10.2. The zero-order valence-corrected chi connectivity index (χ0v) is 8.66. The molecule has 0 saturated carbocycles. The molecule has 1 heterocycles. The topological polar surface area (TPSA) is 41.6 Å². The van der Waals surface area contributed by atoms with E-state index < -0.39 is 0 Å². The molecule has 0 unspecified atom stereocenters. The Kier molecular flexibility index (Phi) is 4.62. The highest BCUT2D eigenvalue weighted by Gasteiger charge is 2.21. The first-order valence-electron chi connectivity index (χ1n) is 5.00. The van der Waals surface area contributed by atoms with E-state index in [4.69, 9.17) is 4.74 Å². The molecule has 1 rings (SSSR count). The number of nitrogens with zero attached hydrogens (tertiary/aromatic N) is 1. The third-order valence-corrected chi connectivity index (χ3v) is 2.26. The summed E-state index contributed by atoms with van der Waals surface area (Å²) < 4.78 is 5.31. The van der Waals surface area contributed by atoms with Gasteiger partial charge < -0.3 is 15.0 Å². The van der Waals surface area contributed by atoms with Crippen molar-refractivity contribution >= 4 is 5.91 Å². The summed E-state index contributed by atoms with van der Waals surface area (Å²) in [5.41, 5.74) is 0. The fourth-order valence-electron chi connectivity index (χ4n) is 1.53. The quantitative estimate of drug-likeness (QED) is 0.647. The van der Waals surface area contributed by atoms with Gasteiger partial charge in [0, 0.05) is 32.3 Å². The van der Waals surface area contributed by atoms with E-state index in [2.05, 4.69) is 11.9 Å². The molecule has 1 N–H and O–H groups in total. The van der Waals surface area contributed by atoms with Crippen LogP contribution in [0.2, 0.25) is 0 Å². The van der Waals surface area contributed by atoms with Crippen LogP contribution in [0.4, 0.5) is 0 Å². The predicted molar refractivity (Wildman–Crippen MR) is 55.1 cm³/mol. The Hall–Kier alpha value is -0.870. The minimum atomic E-state index is 0.00741. The number of hydrogen-bond donors (Lipinski definition) is 1. The number of ether oxygens (including phenoxy) is 1. The predicted octanol–water partition coefficient (Wildman–Crippen LogP) is 0.00930. The maximum atomic E-state index is 11.3. The van der Waals surface area contributed by atoms with Crippen molar-refractivity contribution in [3.05, 3.63) is 12.7 Å². The third-order valence-electron chi connectivity index (χ3n) is 2.26. The van der Waals surface area contributed by atoms with Gasteiger partial charge in [0.05, 0.1) is 6.61 Å². The monoisotopic (exact) mass is 198 g/mol. The molecule has 1 amide bonds. The number of carbonyl (C=O) groups is 1. The maximum Gasteiger partial charge on any atom is 0.246 e. The average Bonchev–Trinajstić information content (AvgIpc) is 2.25. The summed E-state index contributed by atoms with van der Waals surface area (Å²) in [6.45, 7) is 9.13. The molecule has 1 saturated heterocycles. The van der Waals surface area contributed by atoms with Crippen molar-refractivity contribution in [3.63, 3.8) is 0 Å². The van der Waals surface area contributed by atoms with Gasteiger partial charge in [-0.3, -0.25) is 4.79 Å². The van der Waals surface area contributed by atoms with Gasteiger partial charge >= 0.3 is 0 Å². The van der Waals surface area contributed by atoms with Crippen LogP contribution in [0.3, 0.4) is 0 Å². The lowest BCUT2D eigenvalue weighted by Crippen LogP contribution is -2.54. The second-order valence-corrected chi connectivity index (χ2v) is 3.30. The van der Waals surface area contributed by atoms with Crippen molar-refractivity contribution in [2.45, 2.75) is 13.0 Å². The maximum absolute atomic E-state index is 11.3. The first-order chi connectivity index (χ1) is 6.77. The van der Waals surface area contributed by atoms with Gasteiger partial charge in [0.15, 0.2) is 0 Å². The molecule has 0 aromatic carbocycles. The van der Waals surface area contributed by atoms with Crippen molar-refractivity contribution in [2.24, 2.45) is 0 Å². The van der Waals surface area contributed by atoms with Gasteiger partial charge in [-0.25, -0.2) is 0 Å². The van der Waals surface area contributed by atoms with Crippen LogP contribution in [0.1, 0.15) is 6.92 Å². The van der Waals surface area contributed by atoms with E-state index in [0.29, 0.717) is 19.8 Å². The Morgan fingerprint density at radius 3 is 3.21 bits per heavy atom. The molecule has 1 atom stereocenters. The smallest absolute Gasteiger partial charge is 0.246 e. The van der Waals surface area contributed by atoms with Gasteiger partial charge in [0.1, 0.15) is 0 Å². The summed E-state index contributed by atoms with van der Waals surface area (Å²) in [5.74, 6) is 0.00741. The van der Waals surface area contributed by atoms with Gasteiger partial charge in [-0.05, 0) is 13.0 Å². The summed E-state index contributed by atoms with van der Waals surface area (Å²) in [7, 11) is 0. The highest BCUT2D eigenvalue weighted by molar-refractivity contribution is 5.87. The molecule has 0 aromatic rings. The molecule has 4 heteroatoms. The minimum Gasteiger partial charge on any atom is -0.380 e. The highest BCUT2D eigenvalue weighted by Crippen LogP contribution is 2.00. The van der Waals surface area contributed by atoms with Crippen molar-refractivity contribution in [3.8, 4) is 0 Å². The molecule has 1 aliphatic heterocycles. The van der Waals surface area contributed by atoms with Crippen LogP contribution in [-0.2, 0) is 9.53 Å². The zero-order chi connectivity index (χ0) is 10.4. The van der Waals surface area contributed by atoms with Crippen LogP contribution in [0.5, 0.6) is 0 Å². The van der Waals surface area contributed by atoms with Crippen LogP contribution >= 0.6 is 0 Å². The van der Waals surface area contributed by atoms with E-state index in [1.54, 1.807) is 4.90 Å². The lowest BCUT2D eigenvalue weighted by molar-refractivity contribution is -0.127. The first-order valence-corrected chi connectivity index (χ1v) is 5.00. The van der Waals surface area contributed by atoms with Crippen molar-refractivity contribution in [2.75, 3.05) is 32.8 Å². The van der Waals surface area contributed by atoms with Gasteiger partial charge in [-0.1, -0.05) is 6.58 Å². The Bertz CT molecular complexity index is 206. The Morgan fingerprint density at radius 2 is 2.57 bits per heavy atom. The van der Waals surface area contributed by atoms with Crippen LogP contribution < -0.4 is 5.32 Å². The summed E-state index contributed by atoms with van der Waals surface area (Å²) in [6, 6.07) is 0.257. The minimum absolute atomic E-state index is 0.00741. The molecular formula is C10H18N2O2. The van der Waals surface area contributed by atoms with E-state index in [9.17, 15) is 4.79 Å². The average molecular weight is 198 g/mol. The zero-order valence-electron chi connectivity index (χ0n) is 8.66. The molecule has 1 fully saturated rings. The number of nitrogens with one attached hydrogen (secondary N) is 1. The van der Waals surface area contributed by atoms with Crippen LogP contribution in [0.25, 0.3) is 0 Å². The van der Waals surface area contributed by atoms with E-state index in [1.165, 1.54) is 6.08 Å². The van der Waals surface area contributed by atoms with Gasteiger partial charge in [0.25, 0.3) is 0 Å². The number of amides is 1. The Labute approximate surface area is 84.9 Å². The normalized spacial score (nSPS) is 22.1. The number of rotatable bonds is 4. The van der Waals surface area contributed by atoms with E-state index in [0.717, 1.165) is 13.1 Å². The van der Waals surface area contributed by atoms with Crippen molar-refractivity contribution < 1.29 is 9.53 Å². The molecule has 0 radical (unpaired) electrons. The summed E-state index contributed by atoms with van der Waals surface area (Å²) in [6.07, 6.45) is 1.36. The second kappa shape index (κ2) is 5.78. The number of hydrogen-bond acceptors (Lipinski definition) is 3.